The molecule has 1 saturated heterocycles. The van der Waals surface area contributed by atoms with Crippen molar-refractivity contribution in [2.24, 2.45) is 5.73 Å². The van der Waals surface area contributed by atoms with Crippen LogP contribution < -0.4 is 15.8 Å². The van der Waals surface area contributed by atoms with Gasteiger partial charge in [0.2, 0.25) is 5.91 Å². The number of piperazine rings is 1. The second kappa shape index (κ2) is 6.24. The van der Waals surface area contributed by atoms with Crippen molar-refractivity contribution >= 4 is 5.91 Å². The molecule has 0 aliphatic carbocycles. The number of hydrogen-bond acceptors (Lipinski definition) is 4. The number of amides is 1. The second-order valence-corrected chi connectivity index (χ2v) is 5.29. The fourth-order valence-electron chi connectivity index (χ4n) is 2.80. The Balaban J connectivity index is 2.32. The molecule has 3 unspecified atom stereocenters. The second-order valence-electron chi connectivity index (χ2n) is 5.29. The Morgan fingerprint density at radius 3 is 2.90 bits per heavy atom. The van der Waals surface area contributed by atoms with Crippen LogP contribution in [0.4, 0.5) is 0 Å². The number of ether oxygens (including phenoxy) is 1. The lowest BCUT2D eigenvalue weighted by atomic mass is 9.96. The minimum Gasteiger partial charge on any atom is -0.497 e. The van der Waals surface area contributed by atoms with Gasteiger partial charge in [0.25, 0.3) is 0 Å². The van der Waals surface area contributed by atoms with Gasteiger partial charge in [0.1, 0.15) is 5.75 Å². The first kappa shape index (κ1) is 14.8. The summed E-state index contributed by atoms with van der Waals surface area (Å²) in [6, 6.07) is 7.66. The van der Waals surface area contributed by atoms with Crippen molar-refractivity contribution in [3.63, 3.8) is 0 Å². The van der Waals surface area contributed by atoms with E-state index in [2.05, 4.69) is 10.2 Å². The topological polar surface area (TPSA) is 67.6 Å². The van der Waals surface area contributed by atoms with E-state index in [4.69, 9.17) is 10.5 Å². The van der Waals surface area contributed by atoms with E-state index in [1.807, 2.05) is 38.1 Å². The highest BCUT2D eigenvalue weighted by Gasteiger charge is 2.33. The van der Waals surface area contributed by atoms with Gasteiger partial charge in [-0.1, -0.05) is 12.1 Å². The molecule has 1 aliphatic rings. The van der Waals surface area contributed by atoms with Gasteiger partial charge >= 0.3 is 0 Å². The number of nitrogens with zero attached hydrogens (tertiary/aromatic N) is 1. The SMILES string of the molecule is COc1cccc(C(C(C)N)N2CCNC(=O)C2C)c1. The first-order valence-corrected chi connectivity index (χ1v) is 6.97. The van der Waals surface area contributed by atoms with Crippen molar-refractivity contribution in [2.75, 3.05) is 20.2 Å². The van der Waals surface area contributed by atoms with Crippen molar-refractivity contribution in [1.82, 2.24) is 10.2 Å². The van der Waals surface area contributed by atoms with Gasteiger partial charge in [-0.2, -0.15) is 0 Å². The first-order valence-electron chi connectivity index (χ1n) is 6.97. The summed E-state index contributed by atoms with van der Waals surface area (Å²) in [5.41, 5.74) is 7.27. The third kappa shape index (κ3) is 2.94. The Bertz CT molecular complexity index is 476. The maximum Gasteiger partial charge on any atom is 0.237 e. The van der Waals surface area contributed by atoms with Crippen molar-refractivity contribution < 1.29 is 9.53 Å². The first-order chi connectivity index (χ1) is 9.54. The molecule has 3 atom stereocenters. The van der Waals surface area contributed by atoms with Crippen LogP contribution in [0.5, 0.6) is 5.75 Å². The minimum absolute atomic E-state index is 0.00569. The predicted molar refractivity (Wildman–Crippen MR) is 78.6 cm³/mol. The summed E-state index contributed by atoms with van der Waals surface area (Å²) < 4.78 is 5.28. The molecule has 20 heavy (non-hydrogen) atoms. The number of carbonyl (C=O) groups is 1. The van der Waals surface area contributed by atoms with Crippen LogP contribution in [0.15, 0.2) is 24.3 Å². The maximum atomic E-state index is 11.9. The number of methoxy groups -OCH3 is 1. The fourth-order valence-corrected chi connectivity index (χ4v) is 2.80. The number of hydrogen-bond donors (Lipinski definition) is 2. The van der Waals surface area contributed by atoms with Crippen molar-refractivity contribution in [2.45, 2.75) is 32.0 Å². The monoisotopic (exact) mass is 277 g/mol. The zero-order valence-electron chi connectivity index (χ0n) is 12.3. The largest absolute Gasteiger partial charge is 0.497 e. The molecule has 1 aliphatic heterocycles. The average molecular weight is 277 g/mol. The summed E-state index contributed by atoms with van der Waals surface area (Å²) in [7, 11) is 1.65. The molecule has 5 nitrogen and oxygen atoms in total. The number of rotatable bonds is 4. The molecule has 0 bridgehead atoms. The molecule has 0 saturated carbocycles. The molecule has 1 aromatic rings. The number of benzene rings is 1. The Morgan fingerprint density at radius 2 is 2.25 bits per heavy atom. The lowest BCUT2D eigenvalue weighted by Crippen LogP contribution is -2.57. The summed E-state index contributed by atoms with van der Waals surface area (Å²) in [5.74, 6) is 0.868. The number of carbonyl (C=O) groups excluding carboxylic acids is 1. The highest BCUT2D eigenvalue weighted by molar-refractivity contribution is 5.82. The zero-order chi connectivity index (χ0) is 14.7. The van der Waals surface area contributed by atoms with Gasteiger partial charge in [-0.3, -0.25) is 9.69 Å². The van der Waals surface area contributed by atoms with Gasteiger partial charge in [0, 0.05) is 19.1 Å². The average Bonchev–Trinajstić information content (AvgIpc) is 2.44. The van der Waals surface area contributed by atoms with E-state index in [1.165, 1.54) is 0 Å². The van der Waals surface area contributed by atoms with Crippen LogP contribution in [0.1, 0.15) is 25.5 Å². The molecule has 110 valence electrons. The van der Waals surface area contributed by atoms with Crippen LogP contribution in [0, 0.1) is 0 Å². The molecule has 1 fully saturated rings. The number of nitrogens with two attached hydrogens (primary N) is 1. The van der Waals surface area contributed by atoms with Crippen molar-refractivity contribution in [1.29, 1.82) is 0 Å². The summed E-state index contributed by atoms with van der Waals surface area (Å²) in [5, 5.41) is 2.88. The van der Waals surface area contributed by atoms with E-state index in [9.17, 15) is 4.79 Å². The lowest BCUT2D eigenvalue weighted by Gasteiger charge is -2.41. The summed E-state index contributed by atoms with van der Waals surface area (Å²) in [6.45, 7) is 5.36. The minimum atomic E-state index is -0.175. The lowest BCUT2D eigenvalue weighted by molar-refractivity contribution is -0.129. The summed E-state index contributed by atoms with van der Waals surface area (Å²) in [4.78, 5) is 14.0. The van der Waals surface area contributed by atoms with Gasteiger partial charge in [-0.25, -0.2) is 0 Å². The molecule has 1 amide bonds. The quantitative estimate of drug-likeness (QED) is 0.858. The molecule has 0 spiro atoms. The van der Waals surface area contributed by atoms with Crippen LogP contribution in [0.3, 0.4) is 0 Å². The molecule has 2 rings (SSSR count). The molecule has 1 heterocycles. The van der Waals surface area contributed by atoms with Crippen molar-refractivity contribution in [3.8, 4) is 5.75 Å². The highest BCUT2D eigenvalue weighted by Crippen LogP contribution is 2.28. The molecule has 3 N–H and O–H groups in total. The van der Waals surface area contributed by atoms with Crippen LogP contribution in [-0.2, 0) is 4.79 Å². The molecule has 5 heteroatoms. The van der Waals surface area contributed by atoms with E-state index < -0.39 is 0 Å². The highest BCUT2D eigenvalue weighted by atomic mass is 16.5. The Labute approximate surface area is 120 Å². The van der Waals surface area contributed by atoms with Crippen molar-refractivity contribution in [3.05, 3.63) is 29.8 Å². The standard InChI is InChI=1S/C15H23N3O2/c1-10(16)14(12-5-4-6-13(9-12)20-3)18-8-7-17-15(19)11(18)2/h4-6,9-11,14H,7-8,16H2,1-3H3,(H,17,19). The van der Waals surface area contributed by atoms with Gasteiger partial charge < -0.3 is 15.8 Å². The van der Waals surface area contributed by atoms with Crippen LogP contribution in [-0.4, -0.2) is 43.1 Å². The van der Waals surface area contributed by atoms with Gasteiger partial charge in [-0.05, 0) is 31.5 Å². The molecule has 0 aromatic heterocycles. The molecule has 0 radical (unpaired) electrons. The molecule has 1 aromatic carbocycles. The van der Waals surface area contributed by atoms with E-state index in [0.29, 0.717) is 6.54 Å². The Morgan fingerprint density at radius 1 is 1.50 bits per heavy atom. The van der Waals surface area contributed by atoms with Gasteiger partial charge in [0.05, 0.1) is 19.2 Å². The smallest absolute Gasteiger partial charge is 0.237 e. The predicted octanol–water partition coefficient (Wildman–Crippen LogP) is 0.904. The van der Waals surface area contributed by atoms with E-state index in [1.54, 1.807) is 7.11 Å². The van der Waals surface area contributed by atoms with E-state index in [0.717, 1.165) is 17.9 Å². The normalized spacial score (nSPS) is 23.0. The van der Waals surface area contributed by atoms with Crippen LogP contribution >= 0.6 is 0 Å². The summed E-state index contributed by atoms with van der Waals surface area (Å²) in [6.07, 6.45) is 0. The molecular weight excluding hydrogens is 254 g/mol. The maximum absolute atomic E-state index is 11.9. The van der Waals surface area contributed by atoms with Crippen LogP contribution in [0.25, 0.3) is 0 Å². The van der Waals surface area contributed by atoms with E-state index in [-0.39, 0.29) is 24.0 Å². The Kier molecular flexibility index (Phi) is 4.62. The van der Waals surface area contributed by atoms with Crippen LogP contribution in [0.2, 0.25) is 0 Å². The van der Waals surface area contributed by atoms with Gasteiger partial charge in [-0.15, -0.1) is 0 Å². The van der Waals surface area contributed by atoms with Gasteiger partial charge in [0.15, 0.2) is 0 Å². The van der Waals surface area contributed by atoms with E-state index >= 15 is 0 Å². The third-order valence-electron chi connectivity index (χ3n) is 3.84. The number of nitrogens with one attached hydrogen (secondary N) is 1. The summed E-state index contributed by atoms with van der Waals surface area (Å²) >= 11 is 0. The fraction of sp³-hybridized carbons (Fsp3) is 0.533. The molecular formula is C15H23N3O2. The zero-order valence-corrected chi connectivity index (χ0v) is 12.3. The third-order valence-corrected chi connectivity index (χ3v) is 3.84. The Hall–Kier alpha value is -1.59.